The number of hydrogen-bond acceptors (Lipinski definition) is 17. The highest BCUT2D eigenvalue weighted by Gasteiger charge is 2.39. The molecule has 19 nitrogen and oxygen atoms in total. The number of carbonyl (C=O) groups is 7. The Labute approximate surface area is 434 Å². The second-order valence-corrected chi connectivity index (χ2v) is 21.6. The first kappa shape index (κ1) is 59.1. The van der Waals surface area contributed by atoms with E-state index in [1.54, 1.807) is 25.3 Å². The second kappa shape index (κ2) is 30.6. The Morgan fingerprint density at radius 2 is 1.71 bits per heavy atom. The first-order valence-corrected chi connectivity index (χ1v) is 27.7. The van der Waals surface area contributed by atoms with Crippen LogP contribution in [0.5, 0.6) is 5.75 Å². The van der Waals surface area contributed by atoms with E-state index in [-0.39, 0.29) is 66.5 Å². The fourth-order valence-corrected chi connectivity index (χ4v) is 10.6. The van der Waals surface area contributed by atoms with Gasteiger partial charge in [-0.25, -0.2) is 20.2 Å². The number of likely N-dealkylation sites (tertiary alicyclic amines) is 1. The Morgan fingerprint density at radius 1 is 0.958 bits per heavy atom. The zero-order chi connectivity index (χ0) is 52.7. The molecule has 22 heteroatoms. The summed E-state index contributed by atoms with van der Waals surface area (Å²) in [5.74, 6) is -3.68. The summed E-state index contributed by atoms with van der Waals surface area (Å²) in [5, 5.41) is 18.6. The predicted octanol–water partition coefficient (Wildman–Crippen LogP) is 6.97. The molecule has 4 rings (SSSR count). The highest BCUT2D eigenvalue weighted by atomic mass is 33.1. The minimum absolute atomic E-state index is 0.00993. The molecule has 5 N–H and O–H groups in total. The fourth-order valence-electron chi connectivity index (χ4n) is 8.02. The molecule has 1 aromatic carbocycles. The van der Waals surface area contributed by atoms with Crippen molar-refractivity contribution in [1.82, 2.24) is 41.3 Å². The van der Waals surface area contributed by atoms with Crippen LogP contribution in [0.2, 0.25) is 0 Å². The van der Waals surface area contributed by atoms with E-state index >= 15 is 0 Å². The number of hydrazine groups is 1. The molecule has 0 spiro atoms. The van der Waals surface area contributed by atoms with Crippen molar-refractivity contribution in [3.63, 3.8) is 0 Å². The number of hydrogen-bond donors (Lipinski definition) is 5. The largest absolute Gasteiger partial charge is 0.508 e. The Kier molecular flexibility index (Phi) is 25.1. The van der Waals surface area contributed by atoms with Gasteiger partial charge in [0.25, 0.3) is 5.91 Å². The van der Waals surface area contributed by atoms with Crippen molar-refractivity contribution >= 4 is 74.6 Å². The zero-order valence-corrected chi connectivity index (χ0v) is 45.0. The van der Waals surface area contributed by atoms with Gasteiger partial charge in [0, 0.05) is 55.1 Å². The first-order valence-electron chi connectivity index (χ1n) is 24.5. The third-order valence-corrected chi connectivity index (χ3v) is 15.4. The third-order valence-electron chi connectivity index (χ3n) is 12.2. The van der Waals surface area contributed by atoms with Crippen molar-refractivity contribution in [1.29, 1.82) is 0 Å². The number of aromatic nitrogens is 2. The average Bonchev–Trinajstić information content (AvgIpc) is 3.85. The van der Waals surface area contributed by atoms with E-state index < -0.39 is 78.7 Å². The number of esters is 2. The maximum Gasteiger partial charge on any atom is 0.426 e. The molecule has 3 heterocycles. The summed E-state index contributed by atoms with van der Waals surface area (Å²) >= 11 is 1.08. The number of pyridine rings is 1. The maximum atomic E-state index is 14.9. The normalized spacial score (nSPS) is 16.2. The van der Waals surface area contributed by atoms with Crippen LogP contribution in [0.25, 0.3) is 0 Å². The van der Waals surface area contributed by atoms with Crippen LogP contribution < -0.4 is 21.5 Å². The van der Waals surface area contributed by atoms with E-state index in [0.717, 1.165) is 41.3 Å². The lowest BCUT2D eigenvalue weighted by Crippen LogP contribution is -2.59. The van der Waals surface area contributed by atoms with Crippen LogP contribution in [0.15, 0.2) is 59.1 Å². The van der Waals surface area contributed by atoms with Crippen molar-refractivity contribution in [2.45, 2.75) is 142 Å². The molecule has 0 aliphatic carbocycles. The third kappa shape index (κ3) is 19.5. The minimum atomic E-state index is -1.05. The fraction of sp³-hybridized carbons (Fsp3) is 0.580. The quantitative estimate of drug-likeness (QED) is 0.0129. The van der Waals surface area contributed by atoms with Crippen LogP contribution in [-0.4, -0.2) is 123 Å². The number of benzene rings is 1. The van der Waals surface area contributed by atoms with Crippen LogP contribution in [0.4, 0.5) is 4.79 Å². The maximum absolute atomic E-state index is 14.9. The number of rotatable bonds is 27. The number of aromatic hydroxyl groups is 1. The monoisotopic (exact) mass is 1060 g/mol. The molecule has 7 atom stereocenters. The van der Waals surface area contributed by atoms with Gasteiger partial charge in [0.1, 0.15) is 34.1 Å². The number of phenolic OH excluding ortho intramolecular Hbond substituents is 1. The molecular weight excluding hydrogens is 985 g/mol. The number of thiazole rings is 1. The van der Waals surface area contributed by atoms with E-state index in [9.17, 15) is 38.7 Å². The van der Waals surface area contributed by atoms with E-state index in [0.29, 0.717) is 25.0 Å². The smallest absolute Gasteiger partial charge is 0.426 e. The highest BCUT2D eigenvalue weighted by molar-refractivity contribution is 8.76. The van der Waals surface area contributed by atoms with Gasteiger partial charge in [-0.3, -0.25) is 39.1 Å². The number of likely N-dealkylation sites (N-methyl/N-ethyl adjacent to an activating group) is 1. The number of phenols is 1. The van der Waals surface area contributed by atoms with Gasteiger partial charge in [0.15, 0.2) is 12.8 Å². The molecule has 0 radical (unpaired) electrons. The van der Waals surface area contributed by atoms with Gasteiger partial charge in [0.2, 0.25) is 17.7 Å². The molecule has 396 valence electrons. The average molecular weight is 1060 g/mol. The van der Waals surface area contributed by atoms with E-state index in [1.807, 2.05) is 64.8 Å². The number of piperidine rings is 1. The molecule has 72 heavy (non-hydrogen) atoms. The summed E-state index contributed by atoms with van der Waals surface area (Å²) in [6.45, 7) is 12.8. The highest BCUT2D eigenvalue weighted by Crippen LogP contribution is 2.32. The summed E-state index contributed by atoms with van der Waals surface area (Å²) in [7, 11) is 4.81. The molecule has 1 aliphatic heterocycles. The minimum Gasteiger partial charge on any atom is -0.508 e. The lowest BCUT2D eigenvalue weighted by atomic mass is 9.92. The summed E-state index contributed by atoms with van der Waals surface area (Å²) < 4.78 is 16.7. The van der Waals surface area contributed by atoms with Crippen molar-refractivity contribution in [3.8, 4) is 5.75 Å². The zero-order valence-electron chi connectivity index (χ0n) is 42.6. The van der Waals surface area contributed by atoms with Gasteiger partial charge in [0.05, 0.1) is 6.04 Å². The van der Waals surface area contributed by atoms with Gasteiger partial charge >= 0.3 is 18.0 Å². The Hall–Kier alpha value is -5.45. The molecular formula is C50H72N8O11S3. The Morgan fingerprint density at radius 3 is 2.36 bits per heavy atom. The molecule has 0 unspecified atom stereocenters. The van der Waals surface area contributed by atoms with Crippen LogP contribution >= 0.6 is 32.9 Å². The predicted molar refractivity (Wildman–Crippen MR) is 276 cm³/mol. The van der Waals surface area contributed by atoms with E-state index in [2.05, 4.69) is 31.5 Å². The van der Waals surface area contributed by atoms with Crippen molar-refractivity contribution < 1.29 is 52.9 Å². The van der Waals surface area contributed by atoms with Gasteiger partial charge in [-0.1, -0.05) is 83.4 Å². The Balaban J connectivity index is 1.51. The second-order valence-electron chi connectivity index (χ2n) is 18.3. The van der Waals surface area contributed by atoms with E-state index in [1.165, 1.54) is 50.9 Å². The van der Waals surface area contributed by atoms with Crippen LogP contribution in [0.3, 0.4) is 0 Å². The first-order chi connectivity index (χ1) is 34.4. The van der Waals surface area contributed by atoms with Crippen molar-refractivity contribution in [2.75, 3.05) is 32.7 Å². The number of ether oxygens (including phenoxy) is 3. The molecule has 3 aromatic rings. The van der Waals surface area contributed by atoms with Gasteiger partial charge in [-0.15, -0.1) is 11.3 Å². The summed E-state index contributed by atoms with van der Waals surface area (Å²) in [4.78, 5) is 106. The summed E-state index contributed by atoms with van der Waals surface area (Å²) in [5.41, 5.74) is 5.42. The van der Waals surface area contributed by atoms with Gasteiger partial charge in [-0.2, -0.15) is 0 Å². The molecule has 1 saturated heterocycles. The molecule has 0 bridgehead atoms. The molecule has 1 fully saturated rings. The number of nitrogens with one attached hydrogen (secondary N) is 4. The van der Waals surface area contributed by atoms with Crippen LogP contribution in [-0.2, 0) is 44.6 Å². The van der Waals surface area contributed by atoms with Crippen LogP contribution in [0, 0.1) is 17.8 Å². The van der Waals surface area contributed by atoms with Crippen molar-refractivity contribution in [2.24, 2.45) is 17.8 Å². The molecule has 1 aliphatic rings. The topological polar surface area (TPSA) is 248 Å². The molecule has 2 aromatic heterocycles. The number of carbonyl (C=O) groups excluding carboxylic acids is 7. The lowest BCUT2D eigenvalue weighted by molar-refractivity contribution is -0.160. The summed E-state index contributed by atoms with van der Waals surface area (Å²) in [6, 6.07) is 9.30. The number of amides is 5. The van der Waals surface area contributed by atoms with E-state index in [4.69, 9.17) is 14.2 Å². The van der Waals surface area contributed by atoms with Gasteiger partial charge < -0.3 is 34.9 Å². The molecule has 5 amide bonds. The van der Waals surface area contributed by atoms with Crippen molar-refractivity contribution in [3.05, 3.63) is 70.3 Å². The number of nitrogens with zero attached hydrogens (tertiary/aromatic N) is 4. The van der Waals surface area contributed by atoms with Crippen LogP contribution in [0.1, 0.15) is 127 Å². The lowest BCUT2D eigenvalue weighted by Gasteiger charge is -2.39. The molecule has 0 saturated carbocycles. The van der Waals surface area contributed by atoms with Gasteiger partial charge in [-0.05, 0) is 98.2 Å². The SMILES string of the molecule is CCCC(=O)OCN(C(=O)[C@@H](NC(=O)[C@H]1CCCCN1C)[C@H](C)CC)[C@H](C[C@@H](OC(C)=O)c1nc(C(=O)N[C@@H](Cc2ccc(O)cc2)C[C@H](C)C(=O)NNC(=O)OCCSSc2ccccn2)cs1)C(C)C. The Bertz CT molecular complexity index is 2220. The standard InChI is InChI=1S/C50H72N8O11S3/c1-9-15-43(61)68-30-58(49(65)44(32(5)10-2)54-47(64)39-16-12-14-23-57(39)8)40(31(3)4)28-41(69-34(7)59)48-53-38(29-70-48)46(63)52-36(27-35-18-20-37(60)21-19-35)26-33(6)45(62)55-56-50(66)67-24-25-71-72-42-17-11-13-22-51-42/h11,13,17-22,29,31-33,36,39-41,44,60H,9-10,12,14-16,23-28,30H2,1-8H3,(H,52,63)(H,54,64)(H,55,62)(H,56,66)/t32-,33+,36-,39-,40-,41-,44+/m1/s1. The summed E-state index contributed by atoms with van der Waals surface area (Å²) in [6.07, 6.45) is 3.97.